The predicted octanol–water partition coefficient (Wildman–Crippen LogP) is 4.37. The molecule has 6 nitrogen and oxygen atoms in total. The molecule has 1 aliphatic rings. The molecule has 35 heavy (non-hydrogen) atoms. The fraction of sp³-hybridized carbons (Fsp3) is 0.273. The molecule has 0 aliphatic carbocycles. The standard InChI is InChI=1S/C22H14F6N6.Pt/c23-21(24,25)19-13-7-9-15-3-1-4-16(29-15)10-8-14-12-34(32-20(14)22(26,27)28)18-6-2-5-17(30-18)33(11-13)31-19;/h1-6H,7-10H2;/q-2;+2. The minimum absolute atomic E-state index is 0. The molecule has 0 fully saturated rings. The van der Waals surface area contributed by atoms with Gasteiger partial charge in [-0.2, -0.15) is 26.3 Å². The van der Waals surface area contributed by atoms with Crippen LogP contribution in [0.3, 0.4) is 0 Å². The van der Waals surface area contributed by atoms with E-state index in [1.54, 1.807) is 18.2 Å². The molecule has 0 atom stereocenters. The van der Waals surface area contributed by atoms with Gasteiger partial charge in [-0.3, -0.25) is 15.2 Å². The van der Waals surface area contributed by atoms with Crippen molar-refractivity contribution in [2.24, 2.45) is 0 Å². The Morgan fingerprint density at radius 2 is 1.06 bits per heavy atom. The van der Waals surface area contributed by atoms with Gasteiger partial charge in [0.2, 0.25) is 0 Å². The second-order valence-electron chi connectivity index (χ2n) is 7.67. The van der Waals surface area contributed by atoms with Gasteiger partial charge in [0.1, 0.15) is 0 Å². The van der Waals surface area contributed by atoms with Crippen molar-refractivity contribution in [1.29, 1.82) is 0 Å². The van der Waals surface area contributed by atoms with Gasteiger partial charge in [0.05, 0.1) is 11.4 Å². The van der Waals surface area contributed by atoms with Crippen LogP contribution < -0.4 is 0 Å². The van der Waals surface area contributed by atoms with E-state index in [1.165, 1.54) is 18.2 Å². The van der Waals surface area contributed by atoms with Gasteiger partial charge in [0.15, 0.2) is 0 Å². The number of halogens is 6. The van der Waals surface area contributed by atoms with Crippen molar-refractivity contribution in [3.8, 4) is 11.6 Å². The summed E-state index contributed by atoms with van der Waals surface area (Å²) in [4.78, 5) is 8.56. The molecule has 184 valence electrons. The Balaban J connectivity index is 0.00000289. The van der Waals surface area contributed by atoms with E-state index in [9.17, 15) is 26.3 Å². The van der Waals surface area contributed by atoms with E-state index < -0.39 is 23.7 Å². The molecule has 0 unspecified atom stereocenters. The molecule has 0 radical (unpaired) electrons. The molecule has 0 saturated carbocycles. The zero-order chi connectivity index (χ0) is 24.1. The van der Waals surface area contributed by atoms with E-state index >= 15 is 0 Å². The molecule has 0 N–H and O–H groups in total. The monoisotopic (exact) mass is 671 g/mol. The van der Waals surface area contributed by atoms with Crippen molar-refractivity contribution in [2.75, 3.05) is 0 Å². The maximum Gasteiger partial charge on any atom is 2.00 e. The zero-order valence-corrected chi connectivity index (χ0v) is 19.8. The first-order valence-corrected chi connectivity index (χ1v) is 10.2. The van der Waals surface area contributed by atoms with Gasteiger partial charge in [-0.05, 0) is 37.8 Å². The van der Waals surface area contributed by atoms with Gasteiger partial charge >= 0.3 is 33.4 Å². The van der Waals surface area contributed by atoms with Crippen LogP contribution in [0.25, 0.3) is 11.6 Å². The molecular formula is C22H14F6N6Pt. The Kier molecular flexibility index (Phi) is 6.61. The van der Waals surface area contributed by atoms with Crippen LogP contribution in [-0.2, 0) is 59.1 Å². The third-order valence-electron chi connectivity index (χ3n) is 5.27. The number of pyridine rings is 2. The topological polar surface area (TPSA) is 61.4 Å². The maximum absolute atomic E-state index is 13.6. The molecule has 0 saturated heterocycles. The van der Waals surface area contributed by atoms with Crippen molar-refractivity contribution in [3.05, 3.63) is 82.7 Å². The van der Waals surface area contributed by atoms with Crippen LogP contribution in [0.5, 0.6) is 0 Å². The molecule has 0 aromatic carbocycles. The van der Waals surface area contributed by atoms with Crippen molar-refractivity contribution in [2.45, 2.75) is 38.0 Å². The fourth-order valence-corrected chi connectivity index (χ4v) is 3.72. The number of alkyl halides is 6. The van der Waals surface area contributed by atoms with E-state index in [-0.39, 0.29) is 69.5 Å². The van der Waals surface area contributed by atoms with Gasteiger partial charge in [-0.1, -0.05) is 36.7 Å². The number of hydrogen-bond acceptors (Lipinski definition) is 4. The van der Waals surface area contributed by atoms with Crippen LogP contribution in [0.4, 0.5) is 26.3 Å². The Hall–Kier alpha value is -3.01. The van der Waals surface area contributed by atoms with Gasteiger partial charge < -0.3 is 14.3 Å². The van der Waals surface area contributed by atoms with Crippen molar-refractivity contribution >= 4 is 0 Å². The molecule has 13 heteroatoms. The Morgan fingerprint density at radius 3 is 1.49 bits per heavy atom. The minimum atomic E-state index is -4.72. The van der Waals surface area contributed by atoms with Crippen LogP contribution >= 0.6 is 0 Å². The normalized spacial score (nSPS) is 13.9. The largest absolute Gasteiger partial charge is 2.00 e. The smallest absolute Gasteiger partial charge is 0.344 e. The SMILES string of the molecule is FC(F)(F)c1nn2[c-]c1CCc1cccc(n1)CCc1[c-]n(nc1C(F)(F)F)-c1cccc-2n1.[Pt+2]. The number of aromatic nitrogens is 6. The van der Waals surface area contributed by atoms with E-state index in [4.69, 9.17) is 0 Å². The second-order valence-corrected chi connectivity index (χ2v) is 7.67. The number of aryl methyl sites for hydroxylation is 4. The first kappa shape index (κ1) is 25.1. The summed E-state index contributed by atoms with van der Waals surface area (Å²) < 4.78 is 83.5. The summed E-state index contributed by atoms with van der Waals surface area (Å²) in [5, 5.41) is 7.25. The number of hydrogen-bond donors (Lipinski definition) is 0. The Labute approximate surface area is 209 Å². The quantitative estimate of drug-likeness (QED) is 0.206. The van der Waals surface area contributed by atoms with Crippen molar-refractivity contribution in [3.63, 3.8) is 0 Å². The fourth-order valence-electron chi connectivity index (χ4n) is 3.72. The van der Waals surface area contributed by atoms with Crippen LogP contribution in [0.1, 0.15) is 33.9 Å². The van der Waals surface area contributed by atoms with Crippen LogP contribution in [0.2, 0.25) is 0 Å². The average Bonchev–Trinajstić information content (AvgIpc) is 3.41. The first-order chi connectivity index (χ1) is 16.1. The van der Waals surface area contributed by atoms with E-state index in [2.05, 4.69) is 32.6 Å². The molecule has 4 aromatic rings. The first-order valence-electron chi connectivity index (χ1n) is 10.2. The van der Waals surface area contributed by atoms with Crippen LogP contribution in [-0.4, -0.2) is 29.5 Å². The minimum Gasteiger partial charge on any atom is -0.344 e. The third kappa shape index (κ3) is 5.17. The Morgan fingerprint density at radius 1 is 0.629 bits per heavy atom. The van der Waals surface area contributed by atoms with E-state index in [0.29, 0.717) is 11.4 Å². The molecule has 1 aliphatic heterocycles. The van der Waals surface area contributed by atoms with Gasteiger partial charge in [-0.25, -0.2) is 0 Å². The maximum atomic E-state index is 13.6. The van der Waals surface area contributed by atoms with Crippen LogP contribution in [0, 0.1) is 12.4 Å². The summed E-state index contributed by atoms with van der Waals surface area (Å²) in [6.07, 6.45) is -3.97. The summed E-state index contributed by atoms with van der Waals surface area (Å²) in [5.74, 6) is -0.110. The molecule has 0 amide bonds. The summed E-state index contributed by atoms with van der Waals surface area (Å²) in [5.41, 5.74) is -1.51. The zero-order valence-electron chi connectivity index (χ0n) is 17.6. The van der Waals surface area contributed by atoms with Crippen molar-refractivity contribution < 1.29 is 47.4 Å². The summed E-state index contributed by atoms with van der Waals surface area (Å²) in [7, 11) is 0. The molecule has 5 rings (SSSR count). The van der Waals surface area contributed by atoms with Gasteiger partial charge in [0, 0.05) is 23.0 Å². The van der Waals surface area contributed by atoms with E-state index in [1.807, 2.05) is 0 Å². The summed E-state index contributed by atoms with van der Waals surface area (Å²) >= 11 is 0. The van der Waals surface area contributed by atoms with E-state index in [0.717, 1.165) is 9.36 Å². The third-order valence-corrected chi connectivity index (χ3v) is 5.27. The number of nitrogens with zero attached hydrogens (tertiary/aromatic N) is 6. The second kappa shape index (κ2) is 9.22. The summed E-state index contributed by atoms with van der Waals surface area (Å²) in [6.45, 7) is 0. The number of fused-ring (bicyclic) bond motifs is 10. The molecule has 0 spiro atoms. The average molecular weight is 671 g/mol. The van der Waals surface area contributed by atoms with Crippen LogP contribution in [0.15, 0.2) is 36.4 Å². The van der Waals surface area contributed by atoms with Gasteiger partial charge in [0.25, 0.3) is 0 Å². The van der Waals surface area contributed by atoms with Crippen molar-refractivity contribution in [1.82, 2.24) is 29.5 Å². The molecule has 5 heterocycles. The van der Waals surface area contributed by atoms with Gasteiger partial charge in [-0.15, -0.1) is 11.1 Å². The number of rotatable bonds is 0. The summed E-state index contributed by atoms with van der Waals surface area (Å²) in [6, 6.07) is 9.16. The Bertz CT molecular complexity index is 1260. The molecule has 8 bridgehead atoms. The predicted molar refractivity (Wildman–Crippen MR) is 105 cm³/mol. The molecular weight excluding hydrogens is 657 g/mol. The molecule has 4 aromatic heterocycles.